The molecule has 1 N–H and O–H groups in total. The van der Waals surface area contributed by atoms with Gasteiger partial charge in [-0.15, -0.1) is 0 Å². The van der Waals surface area contributed by atoms with Crippen LogP contribution in [0, 0.1) is 6.92 Å². The van der Waals surface area contributed by atoms with Crippen LogP contribution < -0.4 is 19.5 Å². The Kier molecular flexibility index (Phi) is 7.33. The summed E-state index contributed by atoms with van der Waals surface area (Å²) in [7, 11) is 3.22. The van der Waals surface area contributed by atoms with Crippen molar-refractivity contribution in [3.63, 3.8) is 0 Å². The van der Waals surface area contributed by atoms with E-state index in [0.717, 1.165) is 16.9 Å². The highest BCUT2D eigenvalue weighted by molar-refractivity contribution is 9.10. The molecule has 0 aliphatic rings. The minimum absolute atomic E-state index is 0.166. The molecular formula is C20H24BrNO4. The topological polar surface area (TPSA) is 56.8 Å². The van der Waals surface area contributed by atoms with Crippen LogP contribution in [0.15, 0.2) is 34.8 Å². The van der Waals surface area contributed by atoms with Crippen molar-refractivity contribution < 1.29 is 19.0 Å². The first-order valence-electron chi connectivity index (χ1n) is 8.42. The molecule has 0 fully saturated rings. The number of methoxy groups -OCH3 is 2. The predicted octanol–water partition coefficient (Wildman–Crippen LogP) is 4.15. The third-order valence-electron chi connectivity index (χ3n) is 3.89. The van der Waals surface area contributed by atoms with Crippen LogP contribution >= 0.6 is 15.9 Å². The second kappa shape index (κ2) is 9.48. The zero-order valence-corrected chi connectivity index (χ0v) is 17.1. The van der Waals surface area contributed by atoms with Gasteiger partial charge in [-0.3, -0.25) is 4.79 Å². The summed E-state index contributed by atoms with van der Waals surface area (Å²) in [6.07, 6.45) is 0.687. The Morgan fingerprint density at radius 1 is 1.12 bits per heavy atom. The molecule has 0 aromatic heterocycles. The van der Waals surface area contributed by atoms with Gasteiger partial charge >= 0.3 is 0 Å². The van der Waals surface area contributed by atoms with Crippen LogP contribution in [0.4, 0.5) is 0 Å². The number of hydrogen-bond donors (Lipinski definition) is 1. The summed E-state index contributed by atoms with van der Waals surface area (Å²) >= 11 is 3.43. The van der Waals surface area contributed by atoms with E-state index in [2.05, 4.69) is 27.3 Å². The molecule has 0 bridgehead atoms. The fourth-order valence-corrected chi connectivity index (χ4v) is 3.28. The lowest BCUT2D eigenvalue weighted by molar-refractivity contribution is 0.0953. The SMILES string of the molecule is CCOc1cc(C(=O)NCCc2cc(C)ccc2OC)cc(Br)c1OC. The van der Waals surface area contributed by atoms with E-state index in [4.69, 9.17) is 14.2 Å². The van der Waals surface area contributed by atoms with E-state index in [1.165, 1.54) is 0 Å². The quantitative estimate of drug-likeness (QED) is 0.695. The highest BCUT2D eigenvalue weighted by Gasteiger charge is 2.15. The molecule has 0 aliphatic heterocycles. The van der Waals surface area contributed by atoms with Gasteiger partial charge in [0.1, 0.15) is 5.75 Å². The normalized spacial score (nSPS) is 10.3. The van der Waals surface area contributed by atoms with Gasteiger partial charge in [-0.05, 0) is 60.0 Å². The first-order valence-corrected chi connectivity index (χ1v) is 9.21. The first kappa shape index (κ1) is 20.1. The number of nitrogens with one attached hydrogen (secondary N) is 1. The lowest BCUT2D eigenvalue weighted by atomic mass is 10.1. The van der Waals surface area contributed by atoms with Crippen molar-refractivity contribution in [2.24, 2.45) is 0 Å². The van der Waals surface area contributed by atoms with E-state index >= 15 is 0 Å². The van der Waals surface area contributed by atoms with E-state index in [1.807, 2.05) is 26.0 Å². The summed E-state index contributed by atoms with van der Waals surface area (Å²) in [4.78, 5) is 12.5. The van der Waals surface area contributed by atoms with Crippen LogP contribution in [-0.4, -0.2) is 33.3 Å². The number of carbonyl (C=O) groups excluding carboxylic acids is 1. The minimum atomic E-state index is -0.166. The summed E-state index contributed by atoms with van der Waals surface area (Å²) in [5, 5.41) is 2.94. The van der Waals surface area contributed by atoms with Crippen molar-refractivity contribution in [3.8, 4) is 17.2 Å². The number of rotatable bonds is 8. The van der Waals surface area contributed by atoms with Crippen LogP contribution in [0.25, 0.3) is 0 Å². The van der Waals surface area contributed by atoms with Gasteiger partial charge in [0, 0.05) is 12.1 Å². The second-order valence-corrected chi connectivity index (χ2v) is 6.60. The average molecular weight is 422 g/mol. The Morgan fingerprint density at radius 2 is 1.88 bits per heavy atom. The third-order valence-corrected chi connectivity index (χ3v) is 4.48. The van der Waals surface area contributed by atoms with Crippen molar-refractivity contribution in [3.05, 3.63) is 51.5 Å². The maximum Gasteiger partial charge on any atom is 0.251 e. The summed E-state index contributed by atoms with van der Waals surface area (Å²) in [6, 6.07) is 9.44. The number of ether oxygens (including phenoxy) is 3. The molecule has 0 radical (unpaired) electrons. The smallest absolute Gasteiger partial charge is 0.251 e. The van der Waals surface area contributed by atoms with Gasteiger partial charge in [0.2, 0.25) is 0 Å². The molecule has 140 valence electrons. The second-order valence-electron chi connectivity index (χ2n) is 5.74. The minimum Gasteiger partial charge on any atom is -0.496 e. The molecule has 6 heteroatoms. The van der Waals surface area contributed by atoms with E-state index in [0.29, 0.717) is 41.1 Å². The molecule has 0 heterocycles. The van der Waals surface area contributed by atoms with E-state index in [-0.39, 0.29) is 5.91 Å². The zero-order chi connectivity index (χ0) is 19.1. The number of hydrogen-bond acceptors (Lipinski definition) is 4. The molecule has 0 aliphatic carbocycles. The standard InChI is InChI=1S/C20H24BrNO4/c1-5-26-18-12-15(11-16(21)19(18)25-4)20(23)22-9-8-14-10-13(2)6-7-17(14)24-3/h6-7,10-12H,5,8-9H2,1-4H3,(H,22,23). The van der Waals surface area contributed by atoms with Crippen molar-refractivity contribution in [1.82, 2.24) is 5.32 Å². The Bertz CT molecular complexity index is 777. The van der Waals surface area contributed by atoms with Gasteiger partial charge in [0.15, 0.2) is 11.5 Å². The number of aryl methyl sites for hydroxylation is 1. The summed E-state index contributed by atoms with van der Waals surface area (Å²) in [5.41, 5.74) is 2.74. The van der Waals surface area contributed by atoms with Crippen molar-refractivity contribution in [2.45, 2.75) is 20.3 Å². The van der Waals surface area contributed by atoms with Gasteiger partial charge < -0.3 is 19.5 Å². The fraction of sp³-hybridized carbons (Fsp3) is 0.350. The van der Waals surface area contributed by atoms with Gasteiger partial charge in [0.25, 0.3) is 5.91 Å². The number of halogens is 1. The molecule has 1 amide bonds. The third kappa shape index (κ3) is 4.91. The number of benzene rings is 2. The molecule has 0 atom stereocenters. The van der Waals surface area contributed by atoms with Crippen molar-refractivity contribution in [1.29, 1.82) is 0 Å². The van der Waals surface area contributed by atoms with Gasteiger partial charge in [-0.25, -0.2) is 0 Å². The Labute approximate surface area is 162 Å². The zero-order valence-electron chi connectivity index (χ0n) is 15.5. The molecule has 5 nitrogen and oxygen atoms in total. The van der Waals surface area contributed by atoms with Crippen LogP contribution in [0.3, 0.4) is 0 Å². The predicted molar refractivity (Wildman–Crippen MR) is 106 cm³/mol. The van der Waals surface area contributed by atoms with Gasteiger partial charge in [-0.1, -0.05) is 17.7 Å². The molecular weight excluding hydrogens is 398 g/mol. The Balaban J connectivity index is 2.07. The maximum absolute atomic E-state index is 12.5. The summed E-state index contributed by atoms with van der Waals surface area (Å²) in [5.74, 6) is 1.78. The Hall–Kier alpha value is -2.21. The van der Waals surface area contributed by atoms with Gasteiger partial charge in [-0.2, -0.15) is 0 Å². The van der Waals surface area contributed by atoms with Crippen molar-refractivity contribution in [2.75, 3.05) is 27.4 Å². The molecule has 0 saturated heterocycles. The molecule has 0 saturated carbocycles. The van der Waals surface area contributed by atoms with Gasteiger partial charge in [0.05, 0.1) is 25.3 Å². The lowest BCUT2D eigenvalue weighted by Crippen LogP contribution is -2.26. The van der Waals surface area contributed by atoms with Crippen molar-refractivity contribution >= 4 is 21.8 Å². The van der Waals surface area contributed by atoms with E-state index in [9.17, 15) is 4.79 Å². The molecule has 2 aromatic rings. The highest BCUT2D eigenvalue weighted by atomic mass is 79.9. The largest absolute Gasteiger partial charge is 0.496 e. The van der Waals surface area contributed by atoms with Crippen LogP contribution in [0.2, 0.25) is 0 Å². The number of amides is 1. The van der Waals surface area contributed by atoms with E-state index in [1.54, 1.807) is 26.4 Å². The number of carbonyl (C=O) groups is 1. The maximum atomic E-state index is 12.5. The van der Waals surface area contributed by atoms with E-state index < -0.39 is 0 Å². The Morgan fingerprint density at radius 3 is 2.54 bits per heavy atom. The fourth-order valence-electron chi connectivity index (χ4n) is 2.68. The first-order chi connectivity index (χ1) is 12.5. The average Bonchev–Trinajstić information content (AvgIpc) is 2.62. The lowest BCUT2D eigenvalue weighted by Gasteiger charge is -2.14. The highest BCUT2D eigenvalue weighted by Crippen LogP contribution is 2.36. The molecule has 2 aromatic carbocycles. The molecule has 0 spiro atoms. The van der Waals surface area contributed by atoms with Crippen LogP contribution in [-0.2, 0) is 6.42 Å². The molecule has 26 heavy (non-hydrogen) atoms. The van der Waals surface area contributed by atoms with Crippen LogP contribution in [0.5, 0.6) is 17.2 Å². The monoisotopic (exact) mass is 421 g/mol. The summed E-state index contributed by atoms with van der Waals surface area (Å²) in [6.45, 7) is 4.91. The molecule has 2 rings (SSSR count). The molecule has 0 unspecified atom stereocenters. The summed E-state index contributed by atoms with van der Waals surface area (Å²) < 4.78 is 16.9. The van der Waals surface area contributed by atoms with Crippen LogP contribution in [0.1, 0.15) is 28.4 Å².